The van der Waals surface area contributed by atoms with E-state index in [0.29, 0.717) is 6.61 Å². The van der Waals surface area contributed by atoms with Crippen molar-refractivity contribution >= 4 is 16.7 Å². The van der Waals surface area contributed by atoms with E-state index >= 15 is 0 Å². The lowest BCUT2D eigenvalue weighted by Crippen LogP contribution is -2.92. The Bertz CT molecular complexity index is 811. The average molecular weight is 323 g/mol. The fourth-order valence-corrected chi connectivity index (χ4v) is 3.10. The quantitative estimate of drug-likeness (QED) is 0.657. The van der Waals surface area contributed by atoms with Crippen LogP contribution in [0.3, 0.4) is 0 Å². The fourth-order valence-electron chi connectivity index (χ4n) is 3.10. The molecule has 0 bridgehead atoms. The van der Waals surface area contributed by atoms with Crippen LogP contribution in [0.4, 0.5) is 0 Å². The Balaban J connectivity index is 1.96. The Labute approximate surface area is 141 Å². The van der Waals surface area contributed by atoms with Gasteiger partial charge in [-0.05, 0) is 13.0 Å². The maximum Gasteiger partial charge on any atom is 0.226 e. The first kappa shape index (κ1) is 16.4. The minimum atomic E-state index is -0.282. The maximum absolute atomic E-state index is 13.3. The van der Waals surface area contributed by atoms with Gasteiger partial charge in [-0.2, -0.15) is 0 Å². The van der Waals surface area contributed by atoms with Crippen LogP contribution in [-0.2, 0) is 4.74 Å². The highest BCUT2D eigenvalue weighted by molar-refractivity contribution is 6.09. The van der Waals surface area contributed by atoms with Crippen molar-refractivity contribution in [3.05, 3.63) is 71.9 Å². The van der Waals surface area contributed by atoms with Gasteiger partial charge in [0.1, 0.15) is 6.04 Å². The highest BCUT2D eigenvalue weighted by atomic mass is 16.5. The molecule has 3 rings (SSSR count). The molecule has 124 valence electrons. The second kappa shape index (κ2) is 7.43. The van der Waals surface area contributed by atoms with E-state index in [-0.39, 0.29) is 17.9 Å². The summed E-state index contributed by atoms with van der Waals surface area (Å²) >= 11 is 0. The number of benzene rings is 2. The minimum absolute atomic E-state index is 0.113. The van der Waals surface area contributed by atoms with Crippen molar-refractivity contribution in [2.24, 2.45) is 0 Å². The van der Waals surface area contributed by atoms with Gasteiger partial charge in [-0.15, -0.1) is 0 Å². The molecule has 0 saturated heterocycles. The number of Topliss-reactive ketones (excluding diaryl/α,β-unsaturated/α-hetero) is 1. The van der Waals surface area contributed by atoms with Crippen molar-refractivity contribution in [2.45, 2.75) is 19.0 Å². The van der Waals surface area contributed by atoms with Gasteiger partial charge < -0.3 is 15.0 Å². The van der Waals surface area contributed by atoms with Gasteiger partial charge >= 0.3 is 0 Å². The summed E-state index contributed by atoms with van der Waals surface area (Å²) in [7, 11) is 1.68. The number of nitrogens with one attached hydrogen (secondary N) is 1. The van der Waals surface area contributed by atoms with Gasteiger partial charge in [-0.1, -0.05) is 48.5 Å². The zero-order chi connectivity index (χ0) is 16.9. The van der Waals surface area contributed by atoms with E-state index in [4.69, 9.17) is 4.74 Å². The van der Waals surface area contributed by atoms with Crippen molar-refractivity contribution in [2.75, 3.05) is 13.7 Å². The zero-order valence-electron chi connectivity index (χ0n) is 14.0. The topological polar surface area (TPSA) is 58.7 Å². The number of H-pyrrole nitrogens is 1. The number of hydrogen-bond donors (Lipinski definition) is 2. The number of nitrogens with two attached hydrogens (primary N) is 1. The molecule has 4 nitrogen and oxygen atoms in total. The van der Waals surface area contributed by atoms with Crippen molar-refractivity contribution < 1.29 is 14.8 Å². The largest absolute Gasteiger partial charge is 0.379 e. The van der Waals surface area contributed by atoms with Crippen LogP contribution in [0.5, 0.6) is 0 Å². The molecule has 3 N–H and O–H groups in total. The van der Waals surface area contributed by atoms with E-state index < -0.39 is 0 Å². The Kier molecular flexibility index (Phi) is 5.08. The van der Waals surface area contributed by atoms with Crippen LogP contribution in [0.1, 0.15) is 28.9 Å². The summed E-state index contributed by atoms with van der Waals surface area (Å²) in [6.45, 7) is 2.67. The van der Waals surface area contributed by atoms with E-state index in [2.05, 4.69) is 17.2 Å². The Morgan fingerprint density at radius 2 is 1.83 bits per heavy atom. The summed E-state index contributed by atoms with van der Waals surface area (Å²) in [5.41, 5.74) is 2.73. The molecule has 0 radical (unpaired) electrons. The SMILES string of the molecule is COC[C@H](C)[NH2+][C@H](C(=O)c1c[nH]c2ccccc12)c1ccccc1. The number of aromatic amines is 1. The predicted molar refractivity (Wildman–Crippen MR) is 95.1 cm³/mol. The highest BCUT2D eigenvalue weighted by Crippen LogP contribution is 2.23. The van der Waals surface area contributed by atoms with E-state index in [0.717, 1.165) is 22.0 Å². The number of para-hydroxylation sites is 1. The van der Waals surface area contributed by atoms with Gasteiger partial charge in [0.05, 0.1) is 6.61 Å². The van der Waals surface area contributed by atoms with Gasteiger partial charge in [-0.25, -0.2) is 0 Å². The van der Waals surface area contributed by atoms with Crippen LogP contribution >= 0.6 is 0 Å². The molecule has 0 fully saturated rings. The van der Waals surface area contributed by atoms with Crippen LogP contribution < -0.4 is 5.32 Å². The molecule has 0 spiro atoms. The normalized spacial score (nSPS) is 13.8. The van der Waals surface area contributed by atoms with E-state index in [9.17, 15) is 4.79 Å². The van der Waals surface area contributed by atoms with Gasteiger partial charge in [-0.3, -0.25) is 4.79 Å². The molecule has 0 aliphatic heterocycles. The molecule has 24 heavy (non-hydrogen) atoms. The first-order chi connectivity index (χ1) is 11.7. The summed E-state index contributed by atoms with van der Waals surface area (Å²) in [4.78, 5) is 16.5. The first-order valence-electron chi connectivity index (χ1n) is 8.20. The summed E-state index contributed by atoms with van der Waals surface area (Å²) in [6.07, 6.45) is 1.82. The van der Waals surface area contributed by atoms with Crippen LogP contribution in [0.2, 0.25) is 0 Å². The Morgan fingerprint density at radius 1 is 1.12 bits per heavy atom. The number of rotatable bonds is 7. The molecule has 0 amide bonds. The third-order valence-corrected chi connectivity index (χ3v) is 4.25. The number of carbonyl (C=O) groups is 1. The van der Waals surface area contributed by atoms with E-state index in [1.807, 2.05) is 60.8 Å². The van der Waals surface area contributed by atoms with Crippen LogP contribution in [0.25, 0.3) is 10.9 Å². The number of aromatic nitrogens is 1. The van der Waals surface area contributed by atoms with Crippen molar-refractivity contribution in [3.63, 3.8) is 0 Å². The Morgan fingerprint density at radius 3 is 2.58 bits per heavy atom. The molecule has 0 aliphatic rings. The second-order valence-corrected chi connectivity index (χ2v) is 6.13. The van der Waals surface area contributed by atoms with Gasteiger partial charge in [0.2, 0.25) is 5.78 Å². The zero-order valence-corrected chi connectivity index (χ0v) is 14.0. The summed E-state index contributed by atoms with van der Waals surface area (Å²) in [6, 6.07) is 17.7. The average Bonchev–Trinajstić information content (AvgIpc) is 3.04. The molecule has 1 aromatic heterocycles. The van der Waals surface area contributed by atoms with Crippen molar-refractivity contribution in [1.82, 2.24) is 4.98 Å². The van der Waals surface area contributed by atoms with Gasteiger partial charge in [0.15, 0.2) is 6.04 Å². The van der Waals surface area contributed by atoms with Crippen LogP contribution in [0, 0.1) is 0 Å². The third kappa shape index (κ3) is 3.40. The summed E-state index contributed by atoms with van der Waals surface area (Å²) in [5.74, 6) is 0.113. The number of fused-ring (bicyclic) bond motifs is 1. The number of carbonyl (C=O) groups excluding carboxylic acids is 1. The summed E-state index contributed by atoms with van der Waals surface area (Å²) in [5, 5.41) is 3.05. The third-order valence-electron chi connectivity index (χ3n) is 4.25. The molecule has 2 atom stereocenters. The number of methoxy groups -OCH3 is 1. The molecule has 1 heterocycles. The highest BCUT2D eigenvalue weighted by Gasteiger charge is 2.29. The van der Waals surface area contributed by atoms with E-state index in [1.54, 1.807) is 7.11 Å². The molecule has 2 aromatic carbocycles. The van der Waals surface area contributed by atoms with Crippen LogP contribution in [0.15, 0.2) is 60.8 Å². The summed E-state index contributed by atoms with van der Waals surface area (Å²) < 4.78 is 5.23. The Hall–Kier alpha value is -2.43. The minimum Gasteiger partial charge on any atom is -0.379 e. The molecular weight excluding hydrogens is 300 g/mol. The molecule has 0 saturated carbocycles. The molecule has 3 aromatic rings. The molecular formula is C20H23N2O2+. The number of quaternary nitrogens is 1. The maximum atomic E-state index is 13.3. The van der Waals surface area contributed by atoms with Gasteiger partial charge in [0.25, 0.3) is 0 Å². The lowest BCUT2D eigenvalue weighted by molar-refractivity contribution is -0.712. The lowest BCUT2D eigenvalue weighted by Gasteiger charge is -2.19. The van der Waals surface area contributed by atoms with Crippen molar-refractivity contribution in [1.29, 1.82) is 0 Å². The number of ketones is 1. The van der Waals surface area contributed by atoms with Crippen molar-refractivity contribution in [3.8, 4) is 0 Å². The van der Waals surface area contributed by atoms with Crippen LogP contribution in [-0.4, -0.2) is 30.5 Å². The van der Waals surface area contributed by atoms with E-state index in [1.165, 1.54) is 0 Å². The number of ether oxygens (including phenoxy) is 1. The predicted octanol–water partition coefficient (Wildman–Crippen LogP) is 2.69. The fraction of sp³-hybridized carbons (Fsp3) is 0.250. The molecule has 0 unspecified atom stereocenters. The molecule has 4 heteroatoms. The van der Waals surface area contributed by atoms with Gasteiger partial charge in [0, 0.05) is 35.3 Å². The second-order valence-electron chi connectivity index (χ2n) is 6.13. The molecule has 0 aliphatic carbocycles. The standard InChI is InChI=1S/C20H22N2O2/c1-14(13-24-2)22-19(15-8-4-3-5-9-15)20(23)17-12-21-18-11-7-6-10-16(17)18/h3-12,14,19,21-22H,13H2,1-2H3/p+1/t14-,19-/m0/s1. The monoisotopic (exact) mass is 323 g/mol. The lowest BCUT2D eigenvalue weighted by atomic mass is 9.96. The first-order valence-corrected chi connectivity index (χ1v) is 8.20. The number of hydrogen-bond acceptors (Lipinski definition) is 2. The smallest absolute Gasteiger partial charge is 0.226 e.